The lowest BCUT2D eigenvalue weighted by Crippen LogP contribution is -2.27. The molecule has 1 aromatic heterocycles. The van der Waals surface area contributed by atoms with Crippen LogP contribution in [0.2, 0.25) is 0 Å². The Hall–Kier alpha value is -2.06. The number of hydrogen-bond acceptors (Lipinski definition) is 7. The quantitative estimate of drug-likeness (QED) is 0.368. The number of nitrogens with one attached hydrogen (secondary N) is 1. The van der Waals surface area contributed by atoms with E-state index in [1.807, 2.05) is 30.0 Å². The van der Waals surface area contributed by atoms with Crippen LogP contribution in [0.4, 0.5) is 5.82 Å². The van der Waals surface area contributed by atoms with Gasteiger partial charge in [-0.25, -0.2) is 0 Å². The zero-order valence-electron chi connectivity index (χ0n) is 16.8. The molecule has 6 nitrogen and oxygen atoms in total. The molecule has 0 bridgehead atoms. The average molecular weight is 434 g/mol. The first-order valence-electron chi connectivity index (χ1n) is 9.89. The highest BCUT2D eigenvalue weighted by molar-refractivity contribution is 7.98. The predicted octanol–water partition coefficient (Wildman–Crippen LogP) is 5.70. The first-order chi connectivity index (χ1) is 14.1. The van der Waals surface area contributed by atoms with Crippen LogP contribution in [-0.2, 0) is 10.5 Å². The Balaban J connectivity index is 1.54. The number of carbonyl (C=O) groups is 1. The van der Waals surface area contributed by atoms with Gasteiger partial charge in [0.2, 0.25) is 0 Å². The Morgan fingerprint density at radius 3 is 2.90 bits per heavy atom. The molecule has 0 atom stereocenters. The monoisotopic (exact) mass is 433 g/mol. The average Bonchev–Trinajstić information content (AvgIpc) is 3.14. The van der Waals surface area contributed by atoms with Crippen LogP contribution in [-0.4, -0.2) is 33.3 Å². The van der Waals surface area contributed by atoms with E-state index in [1.165, 1.54) is 44.1 Å². The summed E-state index contributed by atoms with van der Waals surface area (Å²) in [5.74, 6) is 2.44. The molecule has 3 rings (SSSR count). The predicted molar refractivity (Wildman–Crippen MR) is 120 cm³/mol. The van der Waals surface area contributed by atoms with Gasteiger partial charge in [0, 0.05) is 23.6 Å². The van der Waals surface area contributed by atoms with Crippen LogP contribution < -0.4 is 5.32 Å². The van der Waals surface area contributed by atoms with Crippen LogP contribution in [0.25, 0.3) is 5.76 Å². The summed E-state index contributed by atoms with van der Waals surface area (Å²) in [6.07, 6.45) is 6.35. The van der Waals surface area contributed by atoms with Gasteiger partial charge < -0.3 is 19.3 Å². The molecule has 156 valence electrons. The van der Waals surface area contributed by atoms with Crippen molar-refractivity contribution in [3.05, 3.63) is 47.4 Å². The van der Waals surface area contributed by atoms with Gasteiger partial charge in [-0.3, -0.25) is 4.79 Å². The number of unbranched alkanes of at least 4 members (excludes halogenated alkanes) is 4. The Labute approximate surface area is 180 Å². The summed E-state index contributed by atoms with van der Waals surface area (Å²) < 4.78 is 6.98. The number of aliphatic hydroxyl groups is 1. The number of amides is 1. The maximum atomic E-state index is 12.7. The van der Waals surface area contributed by atoms with E-state index in [4.69, 9.17) is 4.52 Å². The third kappa shape index (κ3) is 5.73. The molecule has 1 aromatic carbocycles. The number of benzene rings is 1. The third-order valence-corrected chi connectivity index (χ3v) is 6.64. The second-order valence-electron chi connectivity index (χ2n) is 6.88. The van der Waals surface area contributed by atoms with E-state index in [0.29, 0.717) is 11.4 Å². The third-order valence-electron chi connectivity index (χ3n) is 4.57. The fourth-order valence-electron chi connectivity index (χ4n) is 3.06. The second kappa shape index (κ2) is 10.6. The highest BCUT2D eigenvalue weighted by Gasteiger charge is 2.28. The number of nitrogens with zero attached hydrogens (tertiary/aromatic N) is 2. The van der Waals surface area contributed by atoms with Crippen molar-refractivity contribution in [3.8, 4) is 0 Å². The number of hydrogen-bond donors (Lipinski definition) is 2. The van der Waals surface area contributed by atoms with Gasteiger partial charge in [-0.2, -0.15) is 11.8 Å². The van der Waals surface area contributed by atoms with Crippen molar-refractivity contribution >= 4 is 41.2 Å². The maximum Gasteiger partial charge on any atom is 0.277 e. The number of thioether (sulfide) groups is 1. The fourth-order valence-corrected chi connectivity index (χ4v) is 4.91. The Morgan fingerprint density at radius 1 is 1.28 bits per heavy atom. The van der Waals surface area contributed by atoms with Gasteiger partial charge in [-0.1, -0.05) is 49.9 Å². The molecule has 2 heterocycles. The normalized spacial score (nSPS) is 13.5. The maximum absolute atomic E-state index is 12.7. The van der Waals surface area contributed by atoms with Gasteiger partial charge in [-0.05, 0) is 36.3 Å². The minimum Gasteiger partial charge on any atom is -0.505 e. The zero-order valence-corrected chi connectivity index (χ0v) is 18.4. The van der Waals surface area contributed by atoms with Crippen LogP contribution in [0.1, 0.15) is 50.4 Å². The number of aromatic nitrogens is 1. The number of rotatable bonds is 10. The topological polar surface area (TPSA) is 78.6 Å². The minimum atomic E-state index is -0.421. The van der Waals surface area contributed by atoms with Crippen molar-refractivity contribution in [1.29, 1.82) is 0 Å². The minimum absolute atomic E-state index is 0.0401. The first kappa shape index (κ1) is 21.6. The van der Waals surface area contributed by atoms with E-state index in [0.717, 1.165) is 22.2 Å². The van der Waals surface area contributed by atoms with Crippen molar-refractivity contribution in [3.63, 3.8) is 0 Å². The molecule has 0 unspecified atom stereocenters. The molecule has 1 amide bonds. The van der Waals surface area contributed by atoms with Crippen molar-refractivity contribution in [1.82, 2.24) is 9.46 Å². The summed E-state index contributed by atoms with van der Waals surface area (Å²) in [4.78, 5) is 13.6. The lowest BCUT2D eigenvalue weighted by molar-refractivity contribution is -0.113. The summed E-state index contributed by atoms with van der Waals surface area (Å²) in [7, 11) is 1.75. The van der Waals surface area contributed by atoms with Crippen LogP contribution in [0, 0.1) is 0 Å². The van der Waals surface area contributed by atoms with E-state index in [1.54, 1.807) is 23.5 Å². The molecule has 0 saturated carbocycles. The summed E-state index contributed by atoms with van der Waals surface area (Å²) in [6.45, 7) is 2.22. The van der Waals surface area contributed by atoms with Crippen LogP contribution in [0.3, 0.4) is 0 Å². The van der Waals surface area contributed by atoms with E-state index in [2.05, 4.69) is 17.4 Å². The molecule has 1 aliphatic rings. The smallest absolute Gasteiger partial charge is 0.277 e. The fraction of sp³-hybridized carbons (Fsp3) is 0.429. The highest BCUT2D eigenvalue weighted by atomic mass is 32.2. The van der Waals surface area contributed by atoms with Crippen molar-refractivity contribution in [2.24, 2.45) is 0 Å². The van der Waals surface area contributed by atoms with E-state index < -0.39 is 5.91 Å². The second-order valence-corrected chi connectivity index (χ2v) is 9.16. The Morgan fingerprint density at radius 2 is 2.07 bits per heavy atom. The standard InChI is InChI=1S/C21H27N3O3S2/c1-3-4-5-6-9-12-28-14-15-13-18(23-27-15)22-21(26)19-20(25)16-10-7-8-11-17(16)29-24(19)2/h7-8,10-11,13,25H,3-6,9,12,14H2,1-2H3,(H,22,23,26). The molecule has 0 radical (unpaired) electrons. The molecule has 0 aliphatic carbocycles. The lowest BCUT2D eigenvalue weighted by Gasteiger charge is -2.27. The molecule has 1 aliphatic heterocycles. The van der Waals surface area contributed by atoms with Gasteiger partial charge >= 0.3 is 0 Å². The van der Waals surface area contributed by atoms with E-state index in [-0.39, 0.29) is 11.5 Å². The number of likely N-dealkylation sites (N-methyl/N-ethyl adjacent to an activating group) is 1. The molecular weight excluding hydrogens is 406 g/mol. The molecule has 29 heavy (non-hydrogen) atoms. The number of fused-ring (bicyclic) bond motifs is 1. The summed E-state index contributed by atoms with van der Waals surface area (Å²) in [5, 5.41) is 17.2. The molecule has 0 spiro atoms. The van der Waals surface area contributed by atoms with Gasteiger partial charge in [0.15, 0.2) is 17.3 Å². The molecule has 8 heteroatoms. The Kier molecular flexibility index (Phi) is 7.94. The van der Waals surface area contributed by atoms with Gasteiger partial charge in [0.05, 0.1) is 5.75 Å². The highest BCUT2D eigenvalue weighted by Crippen LogP contribution is 2.38. The molecule has 0 fully saturated rings. The van der Waals surface area contributed by atoms with Crippen molar-refractivity contribution in [2.75, 3.05) is 18.1 Å². The van der Waals surface area contributed by atoms with Crippen LogP contribution in [0.15, 0.2) is 45.4 Å². The zero-order chi connectivity index (χ0) is 20.6. The number of anilines is 1. The first-order valence-corrected chi connectivity index (χ1v) is 11.8. The Bertz CT molecular complexity index is 866. The molecule has 0 saturated heterocycles. The summed E-state index contributed by atoms with van der Waals surface area (Å²) in [5.41, 5.74) is 0.844. The van der Waals surface area contributed by atoms with Crippen LogP contribution in [0.5, 0.6) is 0 Å². The SMILES string of the molecule is CCCCCCCSCc1cc(NC(=O)C2=C(O)c3ccccc3SN2C)no1. The number of carbonyl (C=O) groups excluding carboxylic acids is 1. The van der Waals surface area contributed by atoms with Crippen molar-refractivity contribution in [2.45, 2.75) is 49.7 Å². The van der Waals surface area contributed by atoms with Gasteiger partial charge in [0.1, 0.15) is 5.76 Å². The lowest BCUT2D eigenvalue weighted by atomic mass is 10.1. The van der Waals surface area contributed by atoms with Crippen LogP contribution >= 0.6 is 23.7 Å². The molecule has 2 N–H and O–H groups in total. The molecular formula is C21H27N3O3S2. The number of aliphatic hydroxyl groups excluding tert-OH is 1. The largest absolute Gasteiger partial charge is 0.505 e. The molecule has 2 aromatic rings. The van der Waals surface area contributed by atoms with Crippen molar-refractivity contribution < 1.29 is 14.4 Å². The summed E-state index contributed by atoms with van der Waals surface area (Å²) >= 11 is 3.21. The van der Waals surface area contributed by atoms with E-state index in [9.17, 15) is 9.90 Å². The van der Waals surface area contributed by atoms with Gasteiger partial charge in [-0.15, -0.1) is 0 Å². The van der Waals surface area contributed by atoms with E-state index >= 15 is 0 Å². The van der Waals surface area contributed by atoms with Gasteiger partial charge in [0.25, 0.3) is 5.91 Å². The summed E-state index contributed by atoms with van der Waals surface area (Å²) in [6, 6.07) is 9.18.